The highest BCUT2D eigenvalue weighted by molar-refractivity contribution is 5.94. The summed E-state index contributed by atoms with van der Waals surface area (Å²) in [7, 11) is 1.47. The maximum absolute atomic E-state index is 13.6. The van der Waals surface area contributed by atoms with Crippen LogP contribution in [0.15, 0.2) is 48.5 Å². The van der Waals surface area contributed by atoms with Gasteiger partial charge in [-0.1, -0.05) is 12.1 Å². The maximum Gasteiger partial charge on any atom is 0.451 e. The van der Waals surface area contributed by atoms with Crippen molar-refractivity contribution in [2.24, 2.45) is 5.92 Å². The van der Waals surface area contributed by atoms with Crippen molar-refractivity contribution in [1.29, 1.82) is 0 Å². The maximum atomic E-state index is 13.6. The number of fused-ring (bicyclic) bond motifs is 1. The fourth-order valence-electron chi connectivity index (χ4n) is 3.91. The lowest BCUT2D eigenvalue weighted by Crippen LogP contribution is -2.54. The van der Waals surface area contributed by atoms with E-state index in [-0.39, 0.29) is 11.6 Å². The summed E-state index contributed by atoms with van der Waals surface area (Å²) in [6, 6.07) is 10.3. The fourth-order valence-corrected chi connectivity index (χ4v) is 3.91. The molecule has 1 aliphatic heterocycles. The molecule has 1 amide bonds. The second-order valence-corrected chi connectivity index (χ2v) is 7.64. The normalized spacial score (nSPS) is 22.3. The van der Waals surface area contributed by atoms with E-state index in [1.807, 2.05) is 0 Å². The molecule has 0 fully saturated rings. The van der Waals surface area contributed by atoms with Crippen molar-refractivity contribution in [3.05, 3.63) is 65.7 Å². The molecule has 0 saturated carbocycles. The van der Waals surface area contributed by atoms with Crippen LogP contribution >= 0.6 is 0 Å². The summed E-state index contributed by atoms with van der Waals surface area (Å²) in [5, 5.41) is 23.4. The fraction of sp³-hybridized carbons (Fsp3) is 0.286. The van der Waals surface area contributed by atoms with Crippen LogP contribution in [0.3, 0.4) is 0 Å². The first-order valence-corrected chi connectivity index (χ1v) is 9.74. The van der Waals surface area contributed by atoms with Gasteiger partial charge in [-0.2, -0.15) is 13.2 Å². The molecular weight excluding hydrogens is 446 g/mol. The van der Waals surface area contributed by atoms with Crippen molar-refractivity contribution < 1.29 is 32.2 Å². The standard InChI is InChI=1S/C21H19F4N5O3/c1-20(32)15(17(31)26-13-7-5-12(22)6-8-13)16(11-3-9-14(33-2)10-4-11)27-19-29-28-18(30(19)20)21(23,24)25/h3-10,15-16,32H,1-2H3,(H,26,31)(H,27,29)/t15-,16-,20+/m0/s1. The smallest absolute Gasteiger partial charge is 0.451 e. The number of rotatable bonds is 4. The predicted molar refractivity (Wildman–Crippen MR) is 109 cm³/mol. The molecule has 0 unspecified atom stereocenters. The first-order valence-electron chi connectivity index (χ1n) is 9.74. The van der Waals surface area contributed by atoms with Crippen LogP contribution in [0.2, 0.25) is 0 Å². The van der Waals surface area contributed by atoms with E-state index in [1.54, 1.807) is 24.3 Å². The number of hydrogen-bond acceptors (Lipinski definition) is 6. The minimum absolute atomic E-state index is 0.205. The van der Waals surface area contributed by atoms with Crippen LogP contribution in [-0.4, -0.2) is 32.9 Å². The monoisotopic (exact) mass is 465 g/mol. The van der Waals surface area contributed by atoms with E-state index >= 15 is 0 Å². The van der Waals surface area contributed by atoms with Crippen molar-refractivity contribution in [3.8, 4) is 5.75 Å². The van der Waals surface area contributed by atoms with Gasteiger partial charge in [-0.15, -0.1) is 10.2 Å². The summed E-state index contributed by atoms with van der Waals surface area (Å²) in [6.07, 6.45) is -4.93. The van der Waals surface area contributed by atoms with Crippen LogP contribution in [0.1, 0.15) is 24.4 Å². The first kappa shape index (κ1) is 22.5. The van der Waals surface area contributed by atoms with Gasteiger partial charge >= 0.3 is 6.18 Å². The molecule has 0 aliphatic carbocycles. The second kappa shape index (κ2) is 8.03. The van der Waals surface area contributed by atoms with Gasteiger partial charge in [0.2, 0.25) is 17.7 Å². The molecule has 0 bridgehead atoms. The van der Waals surface area contributed by atoms with Crippen molar-refractivity contribution in [2.45, 2.75) is 24.9 Å². The number of aliphatic hydroxyl groups is 1. The highest BCUT2D eigenvalue weighted by atomic mass is 19.4. The van der Waals surface area contributed by atoms with Crippen molar-refractivity contribution in [1.82, 2.24) is 14.8 Å². The molecule has 0 radical (unpaired) electrons. The van der Waals surface area contributed by atoms with Crippen LogP contribution in [0, 0.1) is 11.7 Å². The third-order valence-electron chi connectivity index (χ3n) is 5.45. The van der Waals surface area contributed by atoms with Gasteiger partial charge in [0, 0.05) is 5.69 Å². The number of anilines is 2. The molecule has 3 N–H and O–H groups in total. The topological polar surface area (TPSA) is 101 Å². The van der Waals surface area contributed by atoms with Crippen molar-refractivity contribution in [3.63, 3.8) is 0 Å². The Labute approximate surface area is 185 Å². The molecule has 2 aromatic carbocycles. The van der Waals surface area contributed by atoms with Gasteiger partial charge in [0.15, 0.2) is 5.72 Å². The third-order valence-corrected chi connectivity index (χ3v) is 5.45. The lowest BCUT2D eigenvalue weighted by molar-refractivity contribution is -0.168. The summed E-state index contributed by atoms with van der Waals surface area (Å²) in [5.41, 5.74) is -1.70. The van der Waals surface area contributed by atoms with E-state index in [1.165, 1.54) is 19.2 Å². The molecule has 33 heavy (non-hydrogen) atoms. The van der Waals surface area contributed by atoms with Crippen LogP contribution in [0.4, 0.5) is 29.2 Å². The van der Waals surface area contributed by atoms with Gasteiger partial charge in [-0.25, -0.2) is 4.39 Å². The number of amides is 1. The number of nitrogens with one attached hydrogen (secondary N) is 2. The summed E-state index contributed by atoms with van der Waals surface area (Å²) in [5.74, 6) is -4.08. The average Bonchev–Trinajstić information content (AvgIpc) is 3.21. The Hall–Kier alpha value is -3.67. The number of hydrogen-bond donors (Lipinski definition) is 3. The number of aromatic nitrogens is 3. The SMILES string of the molecule is COc1ccc([C@@H]2Nc3nnc(C(F)(F)F)n3[C@](C)(O)[C@@H]2C(=O)Nc2ccc(F)cc2)cc1. The molecule has 3 aromatic rings. The van der Waals surface area contributed by atoms with E-state index < -0.39 is 41.4 Å². The molecule has 2 heterocycles. The Kier molecular flexibility index (Phi) is 5.48. The number of benzene rings is 2. The first-order chi connectivity index (χ1) is 15.5. The lowest BCUT2D eigenvalue weighted by atomic mass is 9.82. The Morgan fingerprint density at radius 2 is 1.79 bits per heavy atom. The number of carbonyl (C=O) groups excluding carboxylic acids is 1. The zero-order chi connectivity index (χ0) is 24.0. The number of ether oxygens (including phenoxy) is 1. The highest BCUT2D eigenvalue weighted by Gasteiger charge is 2.54. The molecule has 3 atom stereocenters. The minimum atomic E-state index is -4.93. The molecular formula is C21H19F4N5O3. The highest BCUT2D eigenvalue weighted by Crippen LogP contribution is 2.45. The van der Waals surface area contributed by atoms with Crippen LogP contribution < -0.4 is 15.4 Å². The van der Waals surface area contributed by atoms with Crippen LogP contribution in [0.25, 0.3) is 0 Å². The summed E-state index contributed by atoms with van der Waals surface area (Å²) in [4.78, 5) is 13.3. The van der Waals surface area contributed by atoms with Crippen molar-refractivity contribution >= 4 is 17.5 Å². The van der Waals surface area contributed by atoms with Gasteiger partial charge in [-0.3, -0.25) is 9.36 Å². The summed E-state index contributed by atoms with van der Waals surface area (Å²) in [6.45, 7) is 1.08. The van der Waals surface area contributed by atoms with Gasteiger partial charge in [-0.05, 0) is 48.9 Å². The molecule has 1 aromatic heterocycles. The lowest BCUT2D eigenvalue weighted by Gasteiger charge is -2.43. The largest absolute Gasteiger partial charge is 0.497 e. The van der Waals surface area contributed by atoms with E-state index in [9.17, 15) is 27.5 Å². The van der Waals surface area contributed by atoms with E-state index in [4.69, 9.17) is 4.74 Å². The molecule has 4 rings (SSSR count). The Morgan fingerprint density at radius 1 is 1.15 bits per heavy atom. The number of halogens is 4. The Balaban J connectivity index is 1.81. The Bertz CT molecular complexity index is 1160. The van der Waals surface area contributed by atoms with Gasteiger partial charge in [0.1, 0.15) is 17.5 Å². The van der Waals surface area contributed by atoms with Gasteiger partial charge in [0.05, 0.1) is 13.2 Å². The molecule has 12 heteroatoms. The van der Waals surface area contributed by atoms with E-state index in [0.29, 0.717) is 15.9 Å². The number of nitrogens with zero attached hydrogens (tertiary/aromatic N) is 3. The van der Waals surface area contributed by atoms with Gasteiger partial charge in [0.25, 0.3) is 0 Å². The van der Waals surface area contributed by atoms with Crippen LogP contribution in [0.5, 0.6) is 5.75 Å². The summed E-state index contributed by atoms with van der Waals surface area (Å²) < 4.78 is 59.5. The quantitative estimate of drug-likeness (QED) is 0.510. The number of carbonyl (C=O) groups is 1. The van der Waals surface area contributed by atoms with E-state index in [2.05, 4.69) is 20.8 Å². The molecule has 8 nitrogen and oxygen atoms in total. The predicted octanol–water partition coefficient (Wildman–Crippen LogP) is 3.53. The van der Waals surface area contributed by atoms with Gasteiger partial charge < -0.3 is 20.5 Å². The van der Waals surface area contributed by atoms with E-state index in [0.717, 1.165) is 19.1 Å². The second-order valence-electron chi connectivity index (χ2n) is 7.64. The average molecular weight is 465 g/mol. The van der Waals surface area contributed by atoms with Crippen molar-refractivity contribution in [2.75, 3.05) is 17.7 Å². The molecule has 0 spiro atoms. The third kappa shape index (κ3) is 4.09. The number of methoxy groups -OCH3 is 1. The zero-order valence-corrected chi connectivity index (χ0v) is 17.4. The van der Waals surface area contributed by atoms with Crippen LogP contribution in [-0.2, 0) is 16.7 Å². The molecule has 174 valence electrons. The minimum Gasteiger partial charge on any atom is -0.497 e. The Morgan fingerprint density at radius 3 is 2.36 bits per heavy atom. The molecule has 1 aliphatic rings. The number of alkyl halides is 3. The zero-order valence-electron chi connectivity index (χ0n) is 17.4. The summed E-state index contributed by atoms with van der Waals surface area (Å²) >= 11 is 0. The molecule has 0 saturated heterocycles.